The molecule has 0 aliphatic heterocycles. The molecule has 0 unspecified atom stereocenters. The number of sulfonamides is 1. The molecule has 1 atom stereocenters. The molecule has 2 rings (SSSR count). The predicted octanol–water partition coefficient (Wildman–Crippen LogP) is 3.11. The number of nitrogens with two attached hydrogens (primary N) is 1. The van der Waals surface area contributed by atoms with Gasteiger partial charge in [0, 0.05) is 12.1 Å². The maximum Gasteiger partial charge on any atom is 0.241 e. The number of primary sulfonamides is 1. The molecule has 2 N–H and O–H groups in total. The Morgan fingerprint density at radius 3 is 2.46 bits per heavy atom. The first-order valence-corrected chi connectivity index (χ1v) is 9.14. The summed E-state index contributed by atoms with van der Waals surface area (Å²) in [4.78, 5) is 4.67. The number of hydrogen-bond donors (Lipinski definition) is 1. The van der Waals surface area contributed by atoms with E-state index in [1.165, 1.54) is 7.11 Å². The molecule has 24 heavy (non-hydrogen) atoms. The monoisotopic (exact) mass is 346 g/mol. The molecule has 6 heteroatoms. The number of hydrogen-bond acceptors (Lipinski definition) is 4. The highest BCUT2D eigenvalue weighted by Gasteiger charge is 2.16. The average Bonchev–Trinajstić information content (AvgIpc) is 2.54. The molecule has 0 aliphatic rings. The smallest absolute Gasteiger partial charge is 0.241 e. The lowest BCUT2D eigenvalue weighted by Gasteiger charge is -2.11. The van der Waals surface area contributed by atoms with Gasteiger partial charge in [0.1, 0.15) is 10.6 Å². The fourth-order valence-electron chi connectivity index (χ4n) is 2.53. The van der Waals surface area contributed by atoms with Gasteiger partial charge in [-0.15, -0.1) is 0 Å². The molecule has 5 nitrogen and oxygen atoms in total. The molecule has 0 aromatic heterocycles. The molecular formula is C18H22N2O3S. The molecule has 128 valence electrons. The van der Waals surface area contributed by atoms with Crippen LogP contribution in [0.3, 0.4) is 0 Å². The van der Waals surface area contributed by atoms with E-state index in [0.29, 0.717) is 6.42 Å². The van der Waals surface area contributed by atoms with E-state index in [1.54, 1.807) is 12.1 Å². The fourth-order valence-corrected chi connectivity index (χ4v) is 3.28. The predicted molar refractivity (Wildman–Crippen MR) is 96.0 cm³/mol. The van der Waals surface area contributed by atoms with Crippen molar-refractivity contribution in [1.29, 1.82) is 0 Å². The van der Waals surface area contributed by atoms with E-state index in [9.17, 15) is 8.42 Å². The zero-order chi connectivity index (χ0) is 17.7. The van der Waals surface area contributed by atoms with Crippen molar-refractivity contribution < 1.29 is 13.2 Å². The van der Waals surface area contributed by atoms with Crippen LogP contribution in [0.15, 0.2) is 58.4 Å². The van der Waals surface area contributed by atoms with Crippen molar-refractivity contribution in [3.8, 4) is 5.75 Å². The minimum Gasteiger partial charge on any atom is -0.495 e. The van der Waals surface area contributed by atoms with Crippen molar-refractivity contribution in [1.82, 2.24) is 0 Å². The number of benzene rings is 2. The minimum atomic E-state index is -3.83. The molecule has 0 spiro atoms. The van der Waals surface area contributed by atoms with Crippen LogP contribution in [0.1, 0.15) is 31.0 Å². The van der Waals surface area contributed by atoms with Crippen LogP contribution in [-0.2, 0) is 16.4 Å². The Bertz CT molecular complexity index is 831. The van der Waals surface area contributed by atoms with Crippen molar-refractivity contribution in [2.24, 2.45) is 10.1 Å². The maximum atomic E-state index is 11.7. The maximum absolute atomic E-state index is 11.7. The third-order valence-electron chi connectivity index (χ3n) is 3.69. The van der Waals surface area contributed by atoms with Gasteiger partial charge in [0.25, 0.3) is 0 Å². The highest BCUT2D eigenvalue weighted by molar-refractivity contribution is 7.89. The van der Waals surface area contributed by atoms with Gasteiger partial charge in [0.15, 0.2) is 0 Å². The molecule has 0 bridgehead atoms. The quantitative estimate of drug-likeness (QED) is 0.816. The third kappa shape index (κ3) is 4.66. The summed E-state index contributed by atoms with van der Waals surface area (Å²) in [5.41, 5.74) is 2.87. The molecule has 0 fully saturated rings. The van der Waals surface area contributed by atoms with Gasteiger partial charge in [0.2, 0.25) is 10.0 Å². The van der Waals surface area contributed by atoms with Gasteiger partial charge in [-0.3, -0.25) is 4.99 Å². The van der Waals surface area contributed by atoms with Crippen LogP contribution in [0.5, 0.6) is 5.75 Å². The second-order valence-electron chi connectivity index (χ2n) is 5.66. The zero-order valence-corrected chi connectivity index (χ0v) is 14.9. The lowest BCUT2D eigenvalue weighted by molar-refractivity contribution is 0.402. The van der Waals surface area contributed by atoms with Gasteiger partial charge in [-0.05, 0) is 37.1 Å². The van der Waals surface area contributed by atoms with E-state index in [2.05, 4.69) is 4.99 Å². The van der Waals surface area contributed by atoms with Gasteiger partial charge >= 0.3 is 0 Å². The molecule has 0 heterocycles. The fraction of sp³-hybridized carbons (Fsp3) is 0.278. The van der Waals surface area contributed by atoms with Gasteiger partial charge in [0.05, 0.1) is 13.2 Å². The van der Waals surface area contributed by atoms with Crippen molar-refractivity contribution in [2.45, 2.75) is 31.2 Å². The Labute approximate surface area is 143 Å². The van der Waals surface area contributed by atoms with E-state index < -0.39 is 10.0 Å². The van der Waals surface area contributed by atoms with Gasteiger partial charge in [-0.2, -0.15) is 0 Å². The van der Waals surface area contributed by atoms with E-state index in [-0.39, 0.29) is 16.7 Å². The Balaban J connectivity index is 2.23. The van der Waals surface area contributed by atoms with Crippen LogP contribution in [0.4, 0.5) is 0 Å². The molecule has 0 aliphatic carbocycles. The normalized spacial score (nSPS) is 13.6. The number of ether oxygens (including phenoxy) is 1. The number of methoxy groups -OCH3 is 1. The zero-order valence-electron chi connectivity index (χ0n) is 14.1. The molecule has 0 saturated carbocycles. The van der Waals surface area contributed by atoms with Gasteiger partial charge < -0.3 is 4.74 Å². The highest BCUT2D eigenvalue weighted by atomic mass is 32.2. The number of rotatable bonds is 6. The van der Waals surface area contributed by atoms with E-state index in [1.807, 2.05) is 50.2 Å². The summed E-state index contributed by atoms with van der Waals surface area (Å²) < 4.78 is 28.4. The lowest BCUT2D eigenvalue weighted by atomic mass is 10.1. The largest absolute Gasteiger partial charge is 0.495 e. The van der Waals surface area contributed by atoms with E-state index >= 15 is 0 Å². The summed E-state index contributed by atoms with van der Waals surface area (Å²) in [5, 5.41) is 5.25. The van der Waals surface area contributed by atoms with Crippen LogP contribution in [0, 0.1) is 0 Å². The first kappa shape index (κ1) is 18.2. The summed E-state index contributed by atoms with van der Waals surface area (Å²) in [6.45, 7) is 3.96. The van der Waals surface area contributed by atoms with Gasteiger partial charge in [-0.1, -0.05) is 36.4 Å². The van der Waals surface area contributed by atoms with Crippen LogP contribution < -0.4 is 9.88 Å². The molecule has 0 radical (unpaired) electrons. The standard InChI is InChI=1S/C18H22N2O3S/c1-13(20-14(2)16-7-5-4-6-8-16)11-15-9-10-17(23-3)18(12-15)24(19,21)22/h4-10,12,14H,11H2,1-3H3,(H2,19,21,22)/t14-/m1/s1. The molecule has 2 aromatic carbocycles. The second-order valence-corrected chi connectivity index (χ2v) is 7.19. The molecule has 2 aromatic rings. The number of aliphatic imine (C=N–C) groups is 1. The Morgan fingerprint density at radius 1 is 1.21 bits per heavy atom. The first-order chi connectivity index (χ1) is 11.3. The summed E-state index contributed by atoms with van der Waals surface area (Å²) in [7, 11) is -2.42. The van der Waals surface area contributed by atoms with E-state index in [4.69, 9.17) is 9.88 Å². The molecule has 0 saturated heterocycles. The second kappa shape index (κ2) is 7.59. The van der Waals surface area contributed by atoms with Crippen molar-refractivity contribution in [2.75, 3.05) is 7.11 Å². The Kier molecular flexibility index (Phi) is 5.75. The van der Waals surface area contributed by atoms with Crippen LogP contribution >= 0.6 is 0 Å². The topological polar surface area (TPSA) is 81.8 Å². The van der Waals surface area contributed by atoms with Crippen molar-refractivity contribution >= 4 is 15.7 Å². The minimum absolute atomic E-state index is 0.00796. The summed E-state index contributed by atoms with van der Waals surface area (Å²) in [6, 6.07) is 15.0. The third-order valence-corrected chi connectivity index (χ3v) is 4.62. The average molecular weight is 346 g/mol. The van der Waals surface area contributed by atoms with Crippen LogP contribution in [-0.4, -0.2) is 21.2 Å². The number of nitrogens with zero attached hydrogens (tertiary/aromatic N) is 1. The SMILES string of the molecule is COc1ccc(CC(C)=N[C@H](C)c2ccccc2)cc1S(N)(=O)=O. The summed E-state index contributed by atoms with van der Waals surface area (Å²) >= 11 is 0. The van der Waals surface area contributed by atoms with Crippen LogP contribution in [0.2, 0.25) is 0 Å². The summed E-state index contributed by atoms with van der Waals surface area (Å²) in [5.74, 6) is 0.244. The molecular weight excluding hydrogens is 324 g/mol. The van der Waals surface area contributed by atoms with Crippen molar-refractivity contribution in [3.63, 3.8) is 0 Å². The van der Waals surface area contributed by atoms with E-state index in [0.717, 1.165) is 16.8 Å². The summed E-state index contributed by atoms with van der Waals surface area (Å²) in [6.07, 6.45) is 0.545. The Morgan fingerprint density at radius 2 is 1.88 bits per heavy atom. The highest BCUT2D eigenvalue weighted by Crippen LogP contribution is 2.24. The van der Waals surface area contributed by atoms with Crippen LogP contribution in [0.25, 0.3) is 0 Å². The first-order valence-electron chi connectivity index (χ1n) is 7.59. The van der Waals surface area contributed by atoms with Crippen molar-refractivity contribution in [3.05, 3.63) is 59.7 Å². The Hall–Kier alpha value is -2.18. The lowest BCUT2D eigenvalue weighted by Crippen LogP contribution is -2.14. The molecule has 0 amide bonds. The van der Waals surface area contributed by atoms with Gasteiger partial charge in [-0.25, -0.2) is 13.6 Å².